The Morgan fingerprint density at radius 1 is 1.25 bits per heavy atom. The molecule has 2 aromatic rings. The fraction of sp³-hybridized carbons (Fsp3) is 0.143. The lowest BCUT2D eigenvalue weighted by atomic mass is 10.1. The third kappa shape index (κ3) is 3.24. The van der Waals surface area contributed by atoms with Gasteiger partial charge in [0, 0.05) is 18.2 Å². The van der Waals surface area contributed by atoms with Gasteiger partial charge in [-0.3, -0.25) is 10.1 Å². The average molecular weight is 295 g/mol. The quantitative estimate of drug-likeness (QED) is 0.664. The van der Waals surface area contributed by atoms with Crippen molar-refractivity contribution in [2.75, 3.05) is 5.32 Å². The summed E-state index contributed by atoms with van der Waals surface area (Å²) in [6.45, 7) is 1.89. The van der Waals surface area contributed by atoms with Crippen LogP contribution in [0, 0.1) is 15.9 Å². The highest BCUT2D eigenvalue weighted by molar-refractivity contribution is 6.33. The third-order valence-corrected chi connectivity index (χ3v) is 3.22. The van der Waals surface area contributed by atoms with Crippen LogP contribution in [0.15, 0.2) is 42.5 Å². The van der Waals surface area contributed by atoms with Gasteiger partial charge in [-0.05, 0) is 30.7 Å². The van der Waals surface area contributed by atoms with Crippen molar-refractivity contribution in [2.24, 2.45) is 0 Å². The maximum atomic E-state index is 12.9. The van der Waals surface area contributed by atoms with E-state index in [1.807, 2.05) is 6.92 Å². The minimum atomic E-state index is -0.501. The third-order valence-electron chi connectivity index (χ3n) is 2.91. The first-order chi connectivity index (χ1) is 9.47. The topological polar surface area (TPSA) is 55.2 Å². The molecule has 0 unspecified atom stereocenters. The fourth-order valence-corrected chi connectivity index (χ4v) is 2.03. The Balaban J connectivity index is 2.17. The van der Waals surface area contributed by atoms with Crippen molar-refractivity contribution in [2.45, 2.75) is 13.0 Å². The van der Waals surface area contributed by atoms with Gasteiger partial charge in [-0.25, -0.2) is 4.39 Å². The molecule has 0 heterocycles. The van der Waals surface area contributed by atoms with E-state index in [0.717, 1.165) is 5.56 Å². The van der Waals surface area contributed by atoms with Crippen LogP contribution in [0.2, 0.25) is 5.02 Å². The minimum absolute atomic E-state index is 0.0602. The molecule has 0 spiro atoms. The number of nitrogens with zero attached hydrogens (tertiary/aromatic N) is 1. The predicted molar refractivity (Wildman–Crippen MR) is 76.5 cm³/mol. The second-order valence-electron chi connectivity index (χ2n) is 4.34. The van der Waals surface area contributed by atoms with Crippen LogP contribution in [0.25, 0.3) is 0 Å². The van der Waals surface area contributed by atoms with E-state index in [9.17, 15) is 14.5 Å². The van der Waals surface area contributed by atoms with Gasteiger partial charge in [0.25, 0.3) is 5.69 Å². The number of anilines is 1. The number of hydrogen-bond acceptors (Lipinski definition) is 3. The number of nitro groups is 1. The summed E-state index contributed by atoms with van der Waals surface area (Å²) >= 11 is 6.00. The lowest BCUT2D eigenvalue weighted by Gasteiger charge is -2.16. The normalized spacial score (nSPS) is 11.9. The predicted octanol–water partition coefficient (Wildman–Crippen LogP) is 4.56. The molecule has 0 aliphatic carbocycles. The smallest absolute Gasteiger partial charge is 0.271 e. The van der Waals surface area contributed by atoms with Gasteiger partial charge in [0.2, 0.25) is 0 Å². The van der Waals surface area contributed by atoms with Crippen LogP contribution in [0.1, 0.15) is 18.5 Å². The Kier molecular flexibility index (Phi) is 4.20. The van der Waals surface area contributed by atoms with Crippen LogP contribution in [0.4, 0.5) is 15.8 Å². The largest absolute Gasteiger partial charge is 0.377 e. The fourth-order valence-electron chi connectivity index (χ4n) is 1.80. The van der Waals surface area contributed by atoms with Gasteiger partial charge in [-0.2, -0.15) is 0 Å². The highest BCUT2D eigenvalue weighted by Crippen LogP contribution is 2.29. The van der Waals surface area contributed by atoms with E-state index >= 15 is 0 Å². The average Bonchev–Trinajstić information content (AvgIpc) is 2.41. The number of non-ortho nitro benzene ring substituents is 1. The number of rotatable bonds is 4. The van der Waals surface area contributed by atoms with E-state index < -0.39 is 4.92 Å². The van der Waals surface area contributed by atoms with Gasteiger partial charge >= 0.3 is 0 Å². The summed E-state index contributed by atoms with van der Waals surface area (Å²) in [6.07, 6.45) is 0. The summed E-state index contributed by atoms with van der Waals surface area (Å²) in [5.74, 6) is -0.297. The molecule has 2 rings (SSSR count). The van der Waals surface area contributed by atoms with Gasteiger partial charge in [-0.1, -0.05) is 23.7 Å². The zero-order valence-electron chi connectivity index (χ0n) is 10.6. The second-order valence-corrected chi connectivity index (χ2v) is 4.75. The molecular formula is C14H12ClFN2O2. The van der Waals surface area contributed by atoms with Crippen molar-refractivity contribution in [1.82, 2.24) is 0 Å². The second kappa shape index (κ2) is 5.88. The van der Waals surface area contributed by atoms with Crippen LogP contribution in [-0.2, 0) is 0 Å². The Bertz CT molecular complexity index is 632. The molecule has 6 heteroatoms. The van der Waals surface area contributed by atoms with Gasteiger partial charge in [0.15, 0.2) is 0 Å². The molecule has 20 heavy (non-hydrogen) atoms. The van der Waals surface area contributed by atoms with E-state index in [-0.39, 0.29) is 22.6 Å². The molecule has 0 aliphatic rings. The molecule has 0 saturated carbocycles. The molecule has 0 aliphatic heterocycles. The Labute approximate surface area is 120 Å². The highest BCUT2D eigenvalue weighted by atomic mass is 35.5. The van der Waals surface area contributed by atoms with E-state index in [4.69, 9.17) is 11.6 Å². The van der Waals surface area contributed by atoms with E-state index in [1.54, 1.807) is 18.2 Å². The van der Waals surface area contributed by atoms with Crippen molar-refractivity contribution in [3.63, 3.8) is 0 Å². The minimum Gasteiger partial charge on any atom is -0.377 e. The maximum Gasteiger partial charge on any atom is 0.271 e. The SMILES string of the molecule is C[C@@H](Nc1ccc([N+](=O)[O-])cc1Cl)c1ccc(F)cc1. The molecule has 0 bridgehead atoms. The number of nitro benzene ring substituents is 1. The first-order valence-corrected chi connectivity index (χ1v) is 6.31. The molecule has 4 nitrogen and oxygen atoms in total. The van der Waals surface area contributed by atoms with E-state index in [1.165, 1.54) is 24.3 Å². The zero-order chi connectivity index (χ0) is 14.7. The molecule has 1 atom stereocenters. The first-order valence-electron chi connectivity index (χ1n) is 5.93. The Hall–Kier alpha value is -2.14. The number of benzene rings is 2. The molecule has 0 amide bonds. The van der Waals surface area contributed by atoms with Crippen LogP contribution < -0.4 is 5.32 Å². The van der Waals surface area contributed by atoms with Gasteiger partial charge in [0.05, 0.1) is 15.6 Å². The van der Waals surface area contributed by atoms with Crippen LogP contribution in [0.5, 0.6) is 0 Å². The lowest BCUT2D eigenvalue weighted by molar-refractivity contribution is -0.384. The standard InChI is InChI=1S/C14H12ClFN2O2/c1-9(10-2-4-11(16)5-3-10)17-14-7-6-12(18(19)20)8-13(14)15/h2-9,17H,1H3/t9-/m1/s1. The van der Waals surface area contributed by atoms with Gasteiger partial charge < -0.3 is 5.32 Å². The molecule has 2 aromatic carbocycles. The molecule has 0 aromatic heterocycles. The van der Waals surface area contributed by atoms with Crippen molar-refractivity contribution >= 4 is 23.0 Å². The van der Waals surface area contributed by atoms with E-state index in [2.05, 4.69) is 5.32 Å². The maximum absolute atomic E-state index is 12.9. The van der Waals surface area contributed by atoms with Gasteiger partial charge in [-0.15, -0.1) is 0 Å². The summed E-state index contributed by atoms with van der Waals surface area (Å²) < 4.78 is 12.9. The molecule has 0 fully saturated rings. The van der Waals surface area contributed by atoms with Crippen molar-refractivity contribution in [3.05, 3.63) is 69.0 Å². The number of halogens is 2. The Morgan fingerprint density at radius 3 is 2.45 bits per heavy atom. The summed E-state index contributed by atoms with van der Waals surface area (Å²) in [5.41, 5.74) is 1.42. The summed E-state index contributed by atoms with van der Waals surface area (Å²) in [4.78, 5) is 10.1. The number of nitrogens with one attached hydrogen (secondary N) is 1. The monoisotopic (exact) mass is 294 g/mol. The molecular weight excluding hydrogens is 283 g/mol. The first kappa shape index (κ1) is 14.3. The van der Waals surface area contributed by atoms with E-state index in [0.29, 0.717) is 5.69 Å². The van der Waals surface area contributed by atoms with Crippen LogP contribution >= 0.6 is 11.6 Å². The van der Waals surface area contributed by atoms with Crippen molar-refractivity contribution in [3.8, 4) is 0 Å². The van der Waals surface area contributed by atoms with Crippen LogP contribution in [0.3, 0.4) is 0 Å². The zero-order valence-corrected chi connectivity index (χ0v) is 11.4. The molecule has 0 saturated heterocycles. The summed E-state index contributed by atoms with van der Waals surface area (Å²) in [6, 6.07) is 10.2. The summed E-state index contributed by atoms with van der Waals surface area (Å²) in [5, 5.41) is 14.0. The Morgan fingerprint density at radius 2 is 1.90 bits per heavy atom. The lowest BCUT2D eigenvalue weighted by Crippen LogP contribution is -2.07. The van der Waals surface area contributed by atoms with Crippen LogP contribution in [-0.4, -0.2) is 4.92 Å². The van der Waals surface area contributed by atoms with Gasteiger partial charge in [0.1, 0.15) is 5.82 Å². The summed E-state index contributed by atoms with van der Waals surface area (Å²) in [7, 11) is 0. The van der Waals surface area contributed by atoms with Crippen molar-refractivity contribution < 1.29 is 9.31 Å². The van der Waals surface area contributed by atoms with Crippen molar-refractivity contribution in [1.29, 1.82) is 0 Å². The molecule has 1 N–H and O–H groups in total. The molecule has 0 radical (unpaired) electrons. The highest BCUT2D eigenvalue weighted by Gasteiger charge is 2.12. The molecule has 104 valence electrons. The number of hydrogen-bond donors (Lipinski definition) is 1.